The minimum absolute atomic E-state index is 0.243. The summed E-state index contributed by atoms with van der Waals surface area (Å²) >= 11 is 1.40. The SMILES string of the molecule is CCOc1cc(/C=C/C(=O)Nc2nc(-c3c[nH]c4ccccc34)cs2)ccc1OCC(C)C. The standard InChI is InChI=1S/C26H27N3O3S/c1-4-31-24-13-18(9-11-23(24)32-15-17(2)3)10-12-25(30)29-26-28-22(16-33-26)20-14-27-21-8-6-5-7-19(20)21/h5-14,16-17,27H,4,15H2,1-3H3,(H,28,29,30)/b12-10+. The van der Waals surface area contributed by atoms with Crippen molar-refractivity contribution in [2.45, 2.75) is 20.8 Å². The molecule has 170 valence electrons. The van der Waals surface area contributed by atoms with E-state index in [0.29, 0.717) is 35.8 Å². The predicted molar refractivity (Wildman–Crippen MR) is 135 cm³/mol. The molecule has 4 rings (SSSR count). The number of aromatic nitrogens is 2. The van der Waals surface area contributed by atoms with Gasteiger partial charge in [0.05, 0.1) is 18.9 Å². The number of hydrogen-bond donors (Lipinski definition) is 2. The van der Waals surface area contributed by atoms with Gasteiger partial charge in [0, 0.05) is 34.1 Å². The molecule has 7 heteroatoms. The molecule has 1 amide bonds. The van der Waals surface area contributed by atoms with E-state index in [-0.39, 0.29) is 5.91 Å². The smallest absolute Gasteiger partial charge is 0.250 e. The maximum atomic E-state index is 12.5. The highest BCUT2D eigenvalue weighted by molar-refractivity contribution is 7.14. The predicted octanol–water partition coefficient (Wildman–Crippen LogP) is 6.38. The Hall–Kier alpha value is -3.58. The van der Waals surface area contributed by atoms with E-state index in [1.807, 2.05) is 54.9 Å². The van der Waals surface area contributed by atoms with E-state index in [0.717, 1.165) is 27.7 Å². The third-order valence-electron chi connectivity index (χ3n) is 4.87. The summed E-state index contributed by atoms with van der Waals surface area (Å²) in [7, 11) is 0. The van der Waals surface area contributed by atoms with Gasteiger partial charge >= 0.3 is 0 Å². The van der Waals surface area contributed by atoms with Crippen molar-refractivity contribution in [3.8, 4) is 22.8 Å². The Bertz CT molecular complexity index is 1270. The lowest BCUT2D eigenvalue weighted by Gasteiger charge is -2.14. The Balaban J connectivity index is 1.42. The van der Waals surface area contributed by atoms with Crippen LogP contribution >= 0.6 is 11.3 Å². The van der Waals surface area contributed by atoms with Crippen molar-refractivity contribution in [2.75, 3.05) is 18.5 Å². The highest BCUT2D eigenvalue weighted by Crippen LogP contribution is 2.31. The van der Waals surface area contributed by atoms with E-state index >= 15 is 0 Å². The number of carbonyl (C=O) groups is 1. The van der Waals surface area contributed by atoms with Crippen molar-refractivity contribution in [3.05, 3.63) is 65.7 Å². The summed E-state index contributed by atoms with van der Waals surface area (Å²) in [4.78, 5) is 20.3. The van der Waals surface area contributed by atoms with E-state index in [2.05, 4.69) is 35.2 Å². The summed E-state index contributed by atoms with van der Waals surface area (Å²) in [5, 5.41) is 6.44. The molecule has 0 atom stereocenters. The number of nitrogens with one attached hydrogen (secondary N) is 2. The third-order valence-corrected chi connectivity index (χ3v) is 5.62. The zero-order chi connectivity index (χ0) is 23.2. The Morgan fingerprint density at radius 3 is 2.85 bits per heavy atom. The molecule has 2 heterocycles. The van der Waals surface area contributed by atoms with Crippen molar-refractivity contribution < 1.29 is 14.3 Å². The van der Waals surface area contributed by atoms with Crippen LogP contribution in [0.2, 0.25) is 0 Å². The molecular weight excluding hydrogens is 434 g/mol. The Kier molecular flexibility index (Phi) is 7.10. The molecule has 4 aromatic rings. The number of benzene rings is 2. The van der Waals surface area contributed by atoms with Crippen LogP contribution in [0.15, 0.2) is 60.1 Å². The van der Waals surface area contributed by atoms with Gasteiger partial charge in [-0.2, -0.15) is 0 Å². The maximum absolute atomic E-state index is 12.5. The minimum atomic E-state index is -0.243. The van der Waals surface area contributed by atoms with Crippen LogP contribution in [0.25, 0.3) is 28.2 Å². The molecule has 0 spiro atoms. The van der Waals surface area contributed by atoms with Crippen LogP contribution in [0.1, 0.15) is 26.3 Å². The molecule has 2 aromatic heterocycles. The zero-order valence-corrected chi connectivity index (χ0v) is 19.7. The van der Waals surface area contributed by atoms with E-state index in [1.165, 1.54) is 17.4 Å². The number of rotatable bonds is 9. The van der Waals surface area contributed by atoms with Gasteiger partial charge in [0.2, 0.25) is 5.91 Å². The van der Waals surface area contributed by atoms with Crippen LogP contribution in [0.3, 0.4) is 0 Å². The molecule has 0 unspecified atom stereocenters. The largest absolute Gasteiger partial charge is 0.490 e. The Morgan fingerprint density at radius 1 is 1.18 bits per heavy atom. The molecule has 2 aromatic carbocycles. The molecule has 0 saturated heterocycles. The van der Waals surface area contributed by atoms with Crippen molar-refractivity contribution in [2.24, 2.45) is 5.92 Å². The number of H-pyrrole nitrogens is 1. The second-order valence-electron chi connectivity index (χ2n) is 7.95. The van der Waals surface area contributed by atoms with Gasteiger partial charge in [-0.3, -0.25) is 10.1 Å². The quantitative estimate of drug-likeness (QED) is 0.284. The molecule has 33 heavy (non-hydrogen) atoms. The van der Waals surface area contributed by atoms with Crippen LogP contribution in [-0.4, -0.2) is 29.1 Å². The average Bonchev–Trinajstić information content (AvgIpc) is 3.44. The summed E-state index contributed by atoms with van der Waals surface area (Å²) < 4.78 is 11.5. The zero-order valence-electron chi connectivity index (χ0n) is 18.9. The molecule has 0 aliphatic carbocycles. The monoisotopic (exact) mass is 461 g/mol. The topological polar surface area (TPSA) is 76.2 Å². The summed E-state index contributed by atoms with van der Waals surface area (Å²) in [6.45, 7) is 7.28. The van der Waals surface area contributed by atoms with E-state index in [1.54, 1.807) is 6.08 Å². The molecular formula is C26H27N3O3S. The first kappa shape index (κ1) is 22.6. The van der Waals surface area contributed by atoms with Crippen molar-refractivity contribution in [1.82, 2.24) is 9.97 Å². The maximum Gasteiger partial charge on any atom is 0.250 e. The van der Waals surface area contributed by atoms with Gasteiger partial charge < -0.3 is 14.5 Å². The van der Waals surface area contributed by atoms with Gasteiger partial charge in [0.15, 0.2) is 16.6 Å². The summed E-state index contributed by atoms with van der Waals surface area (Å²) in [5.74, 6) is 1.56. The highest BCUT2D eigenvalue weighted by atomic mass is 32.1. The van der Waals surface area contributed by atoms with E-state index in [9.17, 15) is 4.79 Å². The van der Waals surface area contributed by atoms with Crippen LogP contribution in [0.4, 0.5) is 5.13 Å². The average molecular weight is 462 g/mol. The second kappa shape index (κ2) is 10.4. The molecule has 0 bridgehead atoms. The number of thiazole rings is 1. The fourth-order valence-corrected chi connectivity index (χ4v) is 4.04. The molecule has 0 fully saturated rings. The number of hydrogen-bond acceptors (Lipinski definition) is 5. The molecule has 0 radical (unpaired) electrons. The molecule has 6 nitrogen and oxygen atoms in total. The van der Waals surface area contributed by atoms with Gasteiger partial charge in [-0.15, -0.1) is 11.3 Å². The summed E-state index contributed by atoms with van der Waals surface area (Å²) in [6.07, 6.45) is 5.18. The van der Waals surface area contributed by atoms with E-state index < -0.39 is 0 Å². The fraction of sp³-hybridized carbons (Fsp3) is 0.231. The lowest BCUT2D eigenvalue weighted by Crippen LogP contribution is -2.07. The lowest BCUT2D eigenvalue weighted by atomic mass is 10.1. The van der Waals surface area contributed by atoms with Crippen LogP contribution in [-0.2, 0) is 4.79 Å². The van der Waals surface area contributed by atoms with Crippen molar-refractivity contribution in [3.63, 3.8) is 0 Å². The number of anilines is 1. The van der Waals surface area contributed by atoms with Gasteiger partial charge in [-0.25, -0.2) is 4.98 Å². The van der Waals surface area contributed by atoms with Gasteiger partial charge in [0.25, 0.3) is 0 Å². The Labute approximate surface area is 197 Å². The first-order valence-corrected chi connectivity index (χ1v) is 11.8. The van der Waals surface area contributed by atoms with Crippen LogP contribution in [0, 0.1) is 5.92 Å². The van der Waals surface area contributed by atoms with Crippen LogP contribution in [0.5, 0.6) is 11.5 Å². The number of amides is 1. The number of para-hydroxylation sites is 1. The molecule has 0 saturated carbocycles. The molecule has 0 aliphatic rings. The lowest BCUT2D eigenvalue weighted by molar-refractivity contribution is -0.111. The Morgan fingerprint density at radius 2 is 2.03 bits per heavy atom. The molecule has 2 N–H and O–H groups in total. The normalized spacial score (nSPS) is 11.4. The first-order valence-electron chi connectivity index (χ1n) is 10.9. The number of ether oxygens (including phenoxy) is 2. The fourth-order valence-electron chi connectivity index (χ4n) is 3.33. The number of aromatic amines is 1. The molecule has 0 aliphatic heterocycles. The first-order chi connectivity index (χ1) is 16.0. The van der Waals surface area contributed by atoms with Gasteiger partial charge in [-0.1, -0.05) is 38.1 Å². The van der Waals surface area contributed by atoms with Gasteiger partial charge in [0.1, 0.15) is 0 Å². The van der Waals surface area contributed by atoms with Crippen LogP contribution < -0.4 is 14.8 Å². The second-order valence-corrected chi connectivity index (χ2v) is 8.81. The number of carbonyl (C=O) groups excluding carboxylic acids is 1. The summed E-state index contributed by atoms with van der Waals surface area (Å²) in [6, 6.07) is 13.7. The van der Waals surface area contributed by atoms with Gasteiger partial charge in [-0.05, 0) is 42.7 Å². The number of nitrogens with zero attached hydrogens (tertiary/aromatic N) is 1. The van der Waals surface area contributed by atoms with Crippen molar-refractivity contribution in [1.29, 1.82) is 0 Å². The summed E-state index contributed by atoms with van der Waals surface area (Å²) in [5.41, 5.74) is 3.75. The highest BCUT2D eigenvalue weighted by Gasteiger charge is 2.11. The third kappa shape index (κ3) is 5.62. The number of fused-ring (bicyclic) bond motifs is 1. The minimum Gasteiger partial charge on any atom is -0.490 e. The van der Waals surface area contributed by atoms with E-state index in [4.69, 9.17) is 9.47 Å². The van der Waals surface area contributed by atoms with Crippen molar-refractivity contribution >= 4 is 39.4 Å².